The van der Waals surface area contributed by atoms with Crippen molar-refractivity contribution in [3.63, 3.8) is 0 Å². The van der Waals surface area contributed by atoms with Crippen LogP contribution in [0.3, 0.4) is 0 Å². The SMILES string of the molecule is CC(C(=O)Nc1ccc(CCN2CCOC2=O)cc1)c1ccsc1. The Labute approximate surface area is 145 Å². The number of thiophene rings is 1. The van der Waals surface area contributed by atoms with Gasteiger partial charge in [-0.15, -0.1) is 0 Å². The van der Waals surface area contributed by atoms with Gasteiger partial charge in [-0.25, -0.2) is 4.79 Å². The van der Waals surface area contributed by atoms with Crippen LogP contribution in [0, 0.1) is 0 Å². The van der Waals surface area contributed by atoms with Crippen LogP contribution in [-0.4, -0.2) is 36.6 Å². The Morgan fingerprint density at radius 1 is 1.33 bits per heavy atom. The summed E-state index contributed by atoms with van der Waals surface area (Å²) < 4.78 is 4.91. The summed E-state index contributed by atoms with van der Waals surface area (Å²) in [6.45, 7) is 3.69. The molecule has 6 heteroatoms. The third kappa shape index (κ3) is 3.94. The number of carbonyl (C=O) groups is 2. The van der Waals surface area contributed by atoms with Gasteiger partial charge in [0, 0.05) is 12.2 Å². The van der Waals surface area contributed by atoms with Gasteiger partial charge in [-0.3, -0.25) is 4.79 Å². The minimum absolute atomic E-state index is 0.0130. The molecule has 1 aliphatic rings. The number of nitrogens with one attached hydrogen (secondary N) is 1. The van der Waals surface area contributed by atoms with E-state index in [1.54, 1.807) is 16.2 Å². The molecule has 0 saturated carbocycles. The van der Waals surface area contributed by atoms with Crippen LogP contribution in [0.15, 0.2) is 41.1 Å². The molecule has 1 unspecified atom stereocenters. The molecule has 2 aromatic rings. The van der Waals surface area contributed by atoms with Crippen molar-refractivity contribution in [2.45, 2.75) is 19.3 Å². The fourth-order valence-corrected chi connectivity index (χ4v) is 3.32. The lowest BCUT2D eigenvalue weighted by molar-refractivity contribution is -0.117. The second-order valence-corrected chi connectivity index (χ2v) is 6.60. The van der Waals surface area contributed by atoms with Crippen molar-refractivity contribution < 1.29 is 14.3 Å². The standard InChI is InChI=1S/C18H20N2O3S/c1-13(15-7-11-24-12-15)17(21)19-16-4-2-14(3-5-16)6-8-20-9-10-23-18(20)22/h2-5,7,11-13H,6,8-10H2,1H3,(H,19,21). The summed E-state index contributed by atoms with van der Waals surface area (Å²) >= 11 is 1.59. The molecule has 1 N–H and O–H groups in total. The average Bonchev–Trinajstić information content (AvgIpc) is 3.25. The number of benzene rings is 1. The Balaban J connectivity index is 1.52. The van der Waals surface area contributed by atoms with Gasteiger partial charge in [-0.1, -0.05) is 12.1 Å². The Morgan fingerprint density at radius 2 is 2.12 bits per heavy atom. The monoisotopic (exact) mass is 344 g/mol. The second kappa shape index (κ2) is 7.49. The molecule has 0 spiro atoms. The van der Waals surface area contributed by atoms with Crippen molar-refractivity contribution in [2.75, 3.05) is 25.0 Å². The lowest BCUT2D eigenvalue weighted by Gasteiger charge is -2.13. The van der Waals surface area contributed by atoms with Crippen LogP contribution < -0.4 is 5.32 Å². The zero-order valence-electron chi connectivity index (χ0n) is 13.5. The maximum absolute atomic E-state index is 12.3. The quantitative estimate of drug-likeness (QED) is 0.873. The Kier molecular flexibility index (Phi) is 5.15. The maximum atomic E-state index is 12.3. The molecule has 1 aromatic heterocycles. The van der Waals surface area contributed by atoms with Gasteiger partial charge in [0.25, 0.3) is 0 Å². The van der Waals surface area contributed by atoms with Crippen LogP contribution in [0.5, 0.6) is 0 Å². The molecule has 1 aromatic carbocycles. The highest BCUT2D eigenvalue weighted by atomic mass is 32.1. The number of anilines is 1. The molecule has 5 nitrogen and oxygen atoms in total. The molecule has 24 heavy (non-hydrogen) atoms. The van der Waals surface area contributed by atoms with E-state index in [0.717, 1.165) is 23.2 Å². The number of carbonyl (C=O) groups excluding carboxylic acids is 2. The summed E-state index contributed by atoms with van der Waals surface area (Å²) in [5.41, 5.74) is 2.94. The van der Waals surface area contributed by atoms with Gasteiger partial charge in [-0.05, 0) is 53.4 Å². The van der Waals surface area contributed by atoms with Gasteiger partial charge in [-0.2, -0.15) is 11.3 Å². The highest BCUT2D eigenvalue weighted by Crippen LogP contribution is 2.20. The van der Waals surface area contributed by atoms with Crippen LogP contribution in [0.4, 0.5) is 10.5 Å². The molecule has 3 rings (SSSR count). The number of hydrogen-bond acceptors (Lipinski definition) is 4. The third-order valence-corrected chi connectivity index (χ3v) is 4.87. The lowest BCUT2D eigenvalue weighted by Crippen LogP contribution is -2.26. The largest absolute Gasteiger partial charge is 0.448 e. The van der Waals surface area contributed by atoms with Crippen LogP contribution in [-0.2, 0) is 16.0 Å². The minimum atomic E-state index is -0.235. The lowest BCUT2D eigenvalue weighted by atomic mass is 10.0. The zero-order chi connectivity index (χ0) is 16.9. The normalized spacial score (nSPS) is 15.2. The van der Waals surface area contributed by atoms with Crippen LogP contribution >= 0.6 is 11.3 Å². The van der Waals surface area contributed by atoms with E-state index >= 15 is 0 Å². The van der Waals surface area contributed by atoms with Crippen LogP contribution in [0.2, 0.25) is 0 Å². The van der Waals surface area contributed by atoms with Crippen LogP contribution in [0.1, 0.15) is 24.0 Å². The second-order valence-electron chi connectivity index (χ2n) is 5.82. The summed E-state index contributed by atoms with van der Waals surface area (Å²) in [5, 5.41) is 6.92. The summed E-state index contributed by atoms with van der Waals surface area (Å²) in [6.07, 6.45) is 0.538. The van der Waals surface area contributed by atoms with Crippen molar-refractivity contribution in [1.82, 2.24) is 4.90 Å². The fraction of sp³-hybridized carbons (Fsp3) is 0.333. The van der Waals surface area contributed by atoms with E-state index in [2.05, 4.69) is 5.32 Å². The zero-order valence-corrected chi connectivity index (χ0v) is 14.3. The van der Waals surface area contributed by atoms with Crippen molar-refractivity contribution >= 4 is 29.0 Å². The van der Waals surface area contributed by atoms with Crippen molar-refractivity contribution in [1.29, 1.82) is 0 Å². The summed E-state index contributed by atoms with van der Waals surface area (Å²) in [7, 11) is 0. The Bertz CT molecular complexity index is 698. The molecule has 2 amide bonds. The van der Waals surface area contributed by atoms with E-state index in [4.69, 9.17) is 4.74 Å². The van der Waals surface area contributed by atoms with Gasteiger partial charge in [0.05, 0.1) is 12.5 Å². The molecule has 1 aliphatic heterocycles. The molecule has 0 aliphatic carbocycles. The first-order valence-corrected chi connectivity index (χ1v) is 8.91. The first-order valence-electron chi connectivity index (χ1n) is 7.97. The number of cyclic esters (lactones) is 1. The smallest absolute Gasteiger partial charge is 0.409 e. The van der Waals surface area contributed by atoms with E-state index in [1.807, 2.05) is 48.0 Å². The molecule has 1 atom stereocenters. The van der Waals surface area contributed by atoms with Crippen LogP contribution in [0.25, 0.3) is 0 Å². The van der Waals surface area contributed by atoms with Gasteiger partial charge < -0.3 is 15.0 Å². The van der Waals surface area contributed by atoms with Crippen molar-refractivity contribution in [3.05, 3.63) is 52.2 Å². The highest BCUT2D eigenvalue weighted by molar-refractivity contribution is 7.08. The Hall–Kier alpha value is -2.34. The third-order valence-electron chi connectivity index (χ3n) is 4.17. The van der Waals surface area contributed by atoms with Gasteiger partial charge in [0.1, 0.15) is 6.61 Å². The van der Waals surface area contributed by atoms with Gasteiger partial charge in [0.2, 0.25) is 5.91 Å². The summed E-state index contributed by atoms with van der Waals surface area (Å²) in [5.74, 6) is -0.182. The molecular formula is C18H20N2O3S. The first-order chi connectivity index (χ1) is 11.6. The summed E-state index contributed by atoms with van der Waals surface area (Å²) in [4.78, 5) is 25.4. The number of nitrogens with zero attached hydrogens (tertiary/aromatic N) is 1. The predicted molar refractivity (Wildman–Crippen MR) is 94.4 cm³/mol. The predicted octanol–water partition coefficient (Wildman–Crippen LogP) is 3.49. The average molecular weight is 344 g/mol. The molecule has 0 bridgehead atoms. The summed E-state index contributed by atoms with van der Waals surface area (Å²) in [6, 6.07) is 9.73. The topological polar surface area (TPSA) is 58.6 Å². The molecule has 126 valence electrons. The molecular weight excluding hydrogens is 324 g/mol. The number of ether oxygens (including phenoxy) is 1. The van der Waals surface area contributed by atoms with E-state index in [9.17, 15) is 9.59 Å². The van der Waals surface area contributed by atoms with E-state index < -0.39 is 0 Å². The van der Waals surface area contributed by atoms with Gasteiger partial charge in [0.15, 0.2) is 0 Å². The van der Waals surface area contributed by atoms with E-state index in [0.29, 0.717) is 19.7 Å². The highest BCUT2D eigenvalue weighted by Gasteiger charge is 2.21. The molecule has 1 saturated heterocycles. The minimum Gasteiger partial charge on any atom is -0.448 e. The van der Waals surface area contributed by atoms with Crippen molar-refractivity contribution in [3.8, 4) is 0 Å². The molecule has 2 heterocycles. The Morgan fingerprint density at radius 3 is 2.75 bits per heavy atom. The number of rotatable bonds is 6. The molecule has 0 radical (unpaired) electrons. The maximum Gasteiger partial charge on any atom is 0.409 e. The van der Waals surface area contributed by atoms with E-state index in [1.165, 1.54) is 0 Å². The van der Waals surface area contributed by atoms with Gasteiger partial charge >= 0.3 is 6.09 Å². The van der Waals surface area contributed by atoms with E-state index in [-0.39, 0.29) is 17.9 Å². The number of amides is 2. The molecule has 1 fully saturated rings. The van der Waals surface area contributed by atoms with Crippen molar-refractivity contribution in [2.24, 2.45) is 0 Å². The first kappa shape index (κ1) is 16.5. The number of hydrogen-bond donors (Lipinski definition) is 1. The fourth-order valence-electron chi connectivity index (χ4n) is 2.57.